The average Bonchev–Trinajstić information content (AvgIpc) is 3.83. The first-order chi connectivity index (χ1) is 37.2. The summed E-state index contributed by atoms with van der Waals surface area (Å²) in [5.41, 5.74) is 17.5. The molecule has 3 aromatic heterocycles. The summed E-state index contributed by atoms with van der Waals surface area (Å²) >= 11 is 0. The maximum absolute atomic E-state index is 16.1. The summed E-state index contributed by atoms with van der Waals surface area (Å²) in [5, 5.41) is 1.85. The van der Waals surface area contributed by atoms with Crippen LogP contribution in [0.5, 0.6) is 0 Å². The van der Waals surface area contributed by atoms with Crippen molar-refractivity contribution in [2.45, 2.75) is 47.7 Å². The third-order valence-electron chi connectivity index (χ3n) is 14.6. The molecule has 0 saturated heterocycles. The molecule has 8 heteroatoms. The van der Waals surface area contributed by atoms with Crippen LogP contribution in [0.25, 0.3) is 118 Å². The Labute approximate surface area is 446 Å². The average molecular weight is 1010 g/mol. The lowest BCUT2D eigenvalue weighted by Crippen LogP contribution is -2.11. The molecular weight excluding hydrogens is 956 g/mol. The molecule has 0 aliphatic rings. The zero-order chi connectivity index (χ0) is 53.1. The van der Waals surface area contributed by atoms with Crippen LogP contribution in [-0.4, -0.2) is 24.5 Å². The summed E-state index contributed by atoms with van der Waals surface area (Å²) in [5.74, 6) is 0.480. The van der Waals surface area contributed by atoms with Gasteiger partial charge < -0.3 is 4.57 Å². The number of benzene rings is 9. The number of hydrogen-bond donors (Lipinski definition) is 0. The second-order valence-corrected chi connectivity index (χ2v) is 20.2. The largest absolute Gasteiger partial charge is 0.416 e. The van der Waals surface area contributed by atoms with E-state index in [1.165, 1.54) is 12.1 Å². The van der Waals surface area contributed by atoms with Gasteiger partial charge >= 0.3 is 6.18 Å². The monoisotopic (exact) mass is 1010 g/mol. The molecule has 0 atom stereocenters. The molecule has 9 aromatic carbocycles. The van der Waals surface area contributed by atoms with Crippen LogP contribution in [0.2, 0.25) is 0 Å². The van der Waals surface area contributed by atoms with Crippen LogP contribution >= 0.6 is 0 Å². The highest BCUT2D eigenvalue weighted by atomic mass is 19.4. The summed E-state index contributed by atoms with van der Waals surface area (Å²) in [7, 11) is 0. The number of rotatable bonds is 9. The maximum atomic E-state index is 16.1. The van der Waals surface area contributed by atoms with Crippen LogP contribution in [0, 0.1) is 41.5 Å². The maximum Gasteiger partial charge on any atom is 0.416 e. The predicted octanol–water partition coefficient (Wildman–Crippen LogP) is 18.6. The summed E-state index contributed by atoms with van der Waals surface area (Å²) in [6.45, 7) is 12.7. The van der Waals surface area contributed by atoms with E-state index < -0.39 is 11.7 Å². The van der Waals surface area contributed by atoms with Crippen molar-refractivity contribution in [1.82, 2.24) is 24.5 Å². The molecule has 0 aliphatic carbocycles. The summed E-state index contributed by atoms with van der Waals surface area (Å²) < 4.78 is 50.6. The Morgan fingerprint density at radius 1 is 0.338 bits per heavy atom. The third kappa shape index (κ3) is 9.16. The van der Waals surface area contributed by atoms with E-state index in [-0.39, 0.29) is 17.0 Å². The number of aryl methyl sites for hydroxylation is 6. The summed E-state index contributed by atoms with van der Waals surface area (Å²) in [6, 6.07) is 66.6. The SMILES string of the molecule is Cc1cc(C)c(-c2ccc3c4ccc(-c5c(C)cc(C)cc5C)cc4n(-c4c(-c5cc(-c6ccccc6)nc(-c6ccccc6)n5)cc(C(F)(F)F)cc4-c4nc(-c5ccccc5)cc(-c5ccccc5)n4)c3c2)c(C)c1. The fourth-order valence-electron chi connectivity index (χ4n) is 11.4. The van der Waals surface area contributed by atoms with E-state index in [1.54, 1.807) is 0 Å². The summed E-state index contributed by atoms with van der Waals surface area (Å²) in [4.78, 5) is 21.0. The van der Waals surface area contributed by atoms with Gasteiger partial charge in [-0.25, -0.2) is 19.9 Å². The lowest BCUT2D eigenvalue weighted by atomic mass is 9.92. The first-order valence-corrected chi connectivity index (χ1v) is 25.8. The van der Waals surface area contributed by atoms with Crippen molar-refractivity contribution < 1.29 is 13.2 Å². The van der Waals surface area contributed by atoms with E-state index >= 15 is 13.2 Å². The van der Waals surface area contributed by atoms with Crippen LogP contribution in [0.3, 0.4) is 0 Å². The number of fused-ring (bicyclic) bond motifs is 3. The van der Waals surface area contributed by atoms with Gasteiger partial charge in [0.1, 0.15) is 0 Å². The van der Waals surface area contributed by atoms with Gasteiger partial charge in [-0.15, -0.1) is 0 Å². The molecule has 0 saturated carbocycles. The van der Waals surface area contributed by atoms with Crippen LogP contribution in [0.15, 0.2) is 206 Å². The molecule has 0 fully saturated rings. The van der Waals surface area contributed by atoms with Crippen molar-refractivity contribution in [3.05, 3.63) is 245 Å². The zero-order valence-electron chi connectivity index (χ0n) is 43.5. The molecule has 0 aliphatic heterocycles. The minimum Gasteiger partial charge on any atom is -0.308 e. The lowest BCUT2D eigenvalue weighted by Gasteiger charge is -2.22. The van der Waals surface area contributed by atoms with Gasteiger partial charge in [0.2, 0.25) is 0 Å². The van der Waals surface area contributed by atoms with E-state index in [0.717, 1.165) is 94.1 Å². The molecule has 0 amide bonds. The fraction of sp³-hybridized carbons (Fsp3) is 0.101. The van der Waals surface area contributed by atoms with Crippen molar-refractivity contribution in [3.8, 4) is 95.7 Å². The topological polar surface area (TPSA) is 56.5 Å². The third-order valence-corrected chi connectivity index (χ3v) is 14.6. The quantitative estimate of drug-likeness (QED) is 0.145. The van der Waals surface area contributed by atoms with Gasteiger partial charge in [-0.05, 0) is 122 Å². The number of alkyl halides is 3. The molecule has 5 nitrogen and oxygen atoms in total. The van der Waals surface area contributed by atoms with Crippen molar-refractivity contribution >= 4 is 21.8 Å². The molecule has 0 bridgehead atoms. The normalized spacial score (nSPS) is 11.7. The summed E-state index contributed by atoms with van der Waals surface area (Å²) in [6.07, 6.45) is -4.80. The molecule has 12 rings (SSSR count). The van der Waals surface area contributed by atoms with Gasteiger partial charge in [0.15, 0.2) is 11.6 Å². The number of nitrogens with zero attached hydrogens (tertiary/aromatic N) is 5. The molecule has 3 heterocycles. The highest BCUT2D eigenvalue weighted by Gasteiger charge is 2.35. The number of hydrogen-bond acceptors (Lipinski definition) is 4. The fourth-order valence-corrected chi connectivity index (χ4v) is 11.4. The Balaban J connectivity index is 1.29. The van der Waals surface area contributed by atoms with E-state index in [4.69, 9.17) is 19.9 Å². The highest BCUT2D eigenvalue weighted by molar-refractivity contribution is 6.12. The molecule has 0 N–H and O–H groups in total. The Kier molecular flexibility index (Phi) is 12.3. The lowest BCUT2D eigenvalue weighted by molar-refractivity contribution is -0.137. The first kappa shape index (κ1) is 48.7. The Bertz CT molecular complexity index is 3820. The van der Waals surface area contributed by atoms with Crippen molar-refractivity contribution in [3.63, 3.8) is 0 Å². The van der Waals surface area contributed by atoms with E-state index in [0.29, 0.717) is 39.9 Å². The molecule has 0 radical (unpaired) electrons. The van der Waals surface area contributed by atoms with Crippen LogP contribution in [0.4, 0.5) is 13.2 Å². The van der Waals surface area contributed by atoms with E-state index in [2.05, 4.69) is 107 Å². The molecule has 374 valence electrons. The van der Waals surface area contributed by atoms with Crippen molar-refractivity contribution in [2.24, 2.45) is 0 Å². The smallest absolute Gasteiger partial charge is 0.308 e. The van der Waals surface area contributed by atoms with Crippen molar-refractivity contribution in [2.75, 3.05) is 0 Å². The van der Waals surface area contributed by atoms with E-state index in [1.807, 2.05) is 133 Å². The second-order valence-electron chi connectivity index (χ2n) is 20.2. The number of halogens is 3. The van der Waals surface area contributed by atoms with E-state index in [9.17, 15) is 0 Å². The van der Waals surface area contributed by atoms with Gasteiger partial charge in [-0.1, -0.05) is 181 Å². The van der Waals surface area contributed by atoms with Crippen LogP contribution < -0.4 is 0 Å². The standard InChI is InChI=1S/C69H52F3N5/c1-41-31-43(3)64(44(4)32-41)51-27-29-54-55-30-28-52(65-45(5)33-42(2)34-46(65)6)36-63(55)77(62(54)35-51)66-56(61-40-60(49-23-15-9-16-24-49)73-67(76-61)50-25-17-10-18-26-50)37-53(69(70,71)72)38-57(66)68-74-58(47-19-11-7-12-20-47)39-59(75-68)48-21-13-8-14-22-48/h7-40H,1-6H3. The molecule has 0 spiro atoms. The molecule has 77 heavy (non-hydrogen) atoms. The molecular formula is C69H52F3N5. The predicted molar refractivity (Wildman–Crippen MR) is 309 cm³/mol. The Hall–Kier alpha value is -9.27. The van der Waals surface area contributed by atoms with Crippen LogP contribution in [0.1, 0.15) is 38.9 Å². The number of aromatic nitrogens is 5. The van der Waals surface area contributed by atoms with Gasteiger partial charge in [-0.3, -0.25) is 0 Å². The second kappa shape index (κ2) is 19.5. The van der Waals surface area contributed by atoms with Gasteiger partial charge in [0.25, 0.3) is 0 Å². The Morgan fingerprint density at radius 3 is 1.12 bits per heavy atom. The molecule has 12 aromatic rings. The highest BCUT2D eigenvalue weighted by Crippen LogP contribution is 2.47. The zero-order valence-corrected chi connectivity index (χ0v) is 43.5. The van der Waals surface area contributed by atoms with Gasteiger partial charge in [0, 0.05) is 44.2 Å². The van der Waals surface area contributed by atoms with Crippen LogP contribution in [-0.2, 0) is 6.18 Å². The first-order valence-electron chi connectivity index (χ1n) is 25.8. The van der Waals surface area contributed by atoms with Gasteiger partial charge in [0.05, 0.1) is 45.1 Å². The minimum absolute atomic E-state index is 0.117. The minimum atomic E-state index is -4.80. The van der Waals surface area contributed by atoms with Crippen molar-refractivity contribution in [1.29, 1.82) is 0 Å². The Morgan fingerprint density at radius 2 is 0.701 bits per heavy atom. The van der Waals surface area contributed by atoms with Gasteiger partial charge in [-0.2, -0.15) is 13.2 Å². The molecule has 0 unspecified atom stereocenters.